The first-order valence-electron chi connectivity index (χ1n) is 14.9. The number of aromatic nitrogens is 7. The molecule has 0 fully saturated rings. The highest BCUT2D eigenvalue weighted by Crippen LogP contribution is 2.32. The van der Waals surface area contributed by atoms with Gasteiger partial charge < -0.3 is 0 Å². The Bertz CT molecular complexity index is 2450. The first kappa shape index (κ1) is 26.0. The zero-order chi connectivity index (χ0) is 30.5. The average Bonchev–Trinajstić information content (AvgIpc) is 3.14. The maximum absolute atomic E-state index is 5.06. The lowest BCUT2D eigenvalue weighted by molar-refractivity contribution is 1.18. The van der Waals surface area contributed by atoms with Crippen LogP contribution in [0.4, 0.5) is 0 Å². The molecule has 0 N–H and O–H groups in total. The normalized spacial score (nSPS) is 11.5. The molecule has 0 bridgehead atoms. The summed E-state index contributed by atoms with van der Waals surface area (Å²) in [5.41, 5.74) is 9.85. The van der Waals surface area contributed by atoms with Crippen LogP contribution in [0.15, 0.2) is 140 Å². The Morgan fingerprint density at radius 1 is 0.348 bits per heavy atom. The fourth-order valence-electron chi connectivity index (χ4n) is 5.97. The molecule has 7 nitrogen and oxygen atoms in total. The van der Waals surface area contributed by atoms with Gasteiger partial charge >= 0.3 is 0 Å². The molecule has 0 aliphatic carbocycles. The number of nitrogens with zero attached hydrogens (tertiary/aromatic N) is 7. The number of rotatable bonds is 4. The molecule has 6 aromatic heterocycles. The highest BCUT2D eigenvalue weighted by atomic mass is 14.9. The number of benzene rings is 3. The fraction of sp³-hybridized carbons (Fsp3) is 0. The van der Waals surface area contributed by atoms with Crippen molar-refractivity contribution < 1.29 is 0 Å². The molecule has 0 aliphatic heterocycles. The highest BCUT2D eigenvalue weighted by molar-refractivity contribution is 6.04. The zero-order valence-electron chi connectivity index (χ0n) is 24.4. The van der Waals surface area contributed by atoms with E-state index in [-0.39, 0.29) is 0 Å². The van der Waals surface area contributed by atoms with Crippen molar-refractivity contribution in [2.24, 2.45) is 0 Å². The largest absolute Gasteiger partial charge is 0.264 e. The van der Waals surface area contributed by atoms with E-state index in [1.54, 1.807) is 18.6 Å². The molecule has 0 radical (unpaired) electrons. The second-order valence-corrected chi connectivity index (χ2v) is 11.2. The minimum absolute atomic E-state index is 0.616. The molecule has 0 unspecified atom stereocenters. The number of fused-ring (bicyclic) bond motifs is 6. The van der Waals surface area contributed by atoms with Gasteiger partial charge in [-0.25, -0.2) is 9.97 Å². The van der Waals surface area contributed by atoms with E-state index in [4.69, 9.17) is 19.9 Å². The predicted molar refractivity (Wildman–Crippen MR) is 183 cm³/mol. The van der Waals surface area contributed by atoms with Crippen LogP contribution in [0, 0.1) is 0 Å². The monoisotopic (exact) mass is 589 g/mol. The van der Waals surface area contributed by atoms with E-state index in [9.17, 15) is 0 Å². The van der Waals surface area contributed by atoms with Crippen LogP contribution in [0.1, 0.15) is 0 Å². The molecule has 0 amide bonds. The van der Waals surface area contributed by atoms with Crippen molar-refractivity contribution >= 4 is 43.6 Å². The summed E-state index contributed by atoms with van der Waals surface area (Å²) in [6, 6.07) is 34.8. The second-order valence-electron chi connectivity index (χ2n) is 11.2. The van der Waals surface area contributed by atoms with Crippen LogP contribution in [0.2, 0.25) is 0 Å². The van der Waals surface area contributed by atoms with Crippen molar-refractivity contribution in [1.82, 2.24) is 34.9 Å². The van der Waals surface area contributed by atoms with Crippen molar-refractivity contribution in [2.75, 3.05) is 0 Å². The Hall–Kier alpha value is -6.47. The van der Waals surface area contributed by atoms with Gasteiger partial charge in [0.1, 0.15) is 0 Å². The van der Waals surface area contributed by atoms with Crippen LogP contribution >= 0.6 is 0 Å². The quantitative estimate of drug-likeness (QED) is 0.190. The Balaban J connectivity index is 1.20. The van der Waals surface area contributed by atoms with Crippen molar-refractivity contribution in [1.29, 1.82) is 0 Å². The summed E-state index contributed by atoms with van der Waals surface area (Å²) in [6.07, 6.45) is 11.0. The number of pyridine rings is 5. The van der Waals surface area contributed by atoms with Gasteiger partial charge in [0, 0.05) is 75.4 Å². The highest BCUT2D eigenvalue weighted by Gasteiger charge is 2.14. The van der Waals surface area contributed by atoms with E-state index < -0.39 is 0 Å². The van der Waals surface area contributed by atoms with E-state index in [2.05, 4.69) is 87.7 Å². The molecule has 0 atom stereocenters. The summed E-state index contributed by atoms with van der Waals surface area (Å²) < 4.78 is 0. The predicted octanol–water partition coefficient (Wildman–Crippen LogP) is 8.73. The van der Waals surface area contributed by atoms with Crippen molar-refractivity contribution in [3.8, 4) is 45.0 Å². The first-order chi connectivity index (χ1) is 22.8. The standard InChI is InChI=1S/C39H23N7/c1-6-30(21-40-15-1)24-7-11-27(12-8-24)39-45-33(31-18-28-13-9-25-4-2-16-41-35(25)37(28)43-22-31)20-34(46-39)32-19-29-14-10-26-5-3-17-42-36(26)38(29)44-23-32/h1-23H. The summed E-state index contributed by atoms with van der Waals surface area (Å²) in [4.78, 5) is 33.3. The molecule has 6 heterocycles. The Labute approximate surface area is 263 Å². The summed E-state index contributed by atoms with van der Waals surface area (Å²) in [5, 5.41) is 4.11. The molecule has 9 aromatic rings. The smallest absolute Gasteiger partial charge is 0.160 e. The second kappa shape index (κ2) is 10.6. The maximum Gasteiger partial charge on any atom is 0.160 e. The Morgan fingerprint density at radius 3 is 1.43 bits per heavy atom. The van der Waals surface area contributed by atoms with Crippen LogP contribution in [-0.4, -0.2) is 34.9 Å². The summed E-state index contributed by atoms with van der Waals surface area (Å²) in [6.45, 7) is 0. The minimum atomic E-state index is 0.616. The van der Waals surface area contributed by atoms with Gasteiger partial charge in [-0.2, -0.15) is 0 Å². The van der Waals surface area contributed by atoms with Gasteiger partial charge in [-0.1, -0.05) is 66.7 Å². The zero-order valence-corrected chi connectivity index (χ0v) is 24.4. The van der Waals surface area contributed by atoms with Crippen LogP contribution < -0.4 is 0 Å². The number of hydrogen-bond donors (Lipinski definition) is 0. The SMILES string of the molecule is c1cncc(-c2ccc(-c3nc(-c4cnc5c(ccc6cccnc65)c4)cc(-c4cnc5c(ccc6cccnc65)c4)n3)cc2)c1. The van der Waals surface area contributed by atoms with E-state index >= 15 is 0 Å². The van der Waals surface area contributed by atoms with Crippen molar-refractivity contribution in [3.05, 3.63) is 140 Å². The van der Waals surface area contributed by atoms with Gasteiger partial charge in [0.25, 0.3) is 0 Å². The molecule has 7 heteroatoms. The van der Waals surface area contributed by atoms with E-state index in [0.29, 0.717) is 5.82 Å². The van der Waals surface area contributed by atoms with Crippen LogP contribution in [-0.2, 0) is 0 Å². The lowest BCUT2D eigenvalue weighted by atomic mass is 10.0. The van der Waals surface area contributed by atoms with Crippen LogP contribution in [0.5, 0.6) is 0 Å². The van der Waals surface area contributed by atoms with Gasteiger partial charge in [-0.15, -0.1) is 0 Å². The summed E-state index contributed by atoms with van der Waals surface area (Å²) >= 11 is 0. The van der Waals surface area contributed by atoms with Gasteiger partial charge in [0.05, 0.1) is 33.5 Å². The van der Waals surface area contributed by atoms with Crippen molar-refractivity contribution in [2.45, 2.75) is 0 Å². The van der Waals surface area contributed by atoms with Crippen LogP contribution in [0.3, 0.4) is 0 Å². The molecule has 214 valence electrons. The third-order valence-electron chi connectivity index (χ3n) is 8.30. The molecule has 3 aromatic carbocycles. The third kappa shape index (κ3) is 4.50. The lowest BCUT2D eigenvalue weighted by Crippen LogP contribution is -1.97. The Morgan fingerprint density at radius 2 is 0.870 bits per heavy atom. The molecule has 0 aliphatic rings. The minimum Gasteiger partial charge on any atom is -0.264 e. The van der Waals surface area contributed by atoms with E-state index in [1.165, 1.54) is 0 Å². The molecule has 46 heavy (non-hydrogen) atoms. The average molecular weight is 590 g/mol. The Kier molecular flexibility index (Phi) is 5.99. The summed E-state index contributed by atoms with van der Waals surface area (Å²) in [5.74, 6) is 0.616. The van der Waals surface area contributed by atoms with Crippen LogP contribution in [0.25, 0.3) is 88.6 Å². The van der Waals surface area contributed by atoms with E-state index in [1.807, 2.05) is 48.9 Å². The van der Waals surface area contributed by atoms with E-state index in [0.717, 1.165) is 82.8 Å². The molecule has 0 saturated heterocycles. The number of hydrogen-bond acceptors (Lipinski definition) is 7. The molecule has 9 rings (SSSR count). The summed E-state index contributed by atoms with van der Waals surface area (Å²) in [7, 11) is 0. The lowest BCUT2D eigenvalue weighted by Gasteiger charge is -2.11. The molecular weight excluding hydrogens is 566 g/mol. The first-order valence-corrected chi connectivity index (χ1v) is 14.9. The van der Waals surface area contributed by atoms with Gasteiger partial charge in [0.15, 0.2) is 5.82 Å². The topological polar surface area (TPSA) is 90.2 Å². The van der Waals surface area contributed by atoms with Crippen molar-refractivity contribution in [3.63, 3.8) is 0 Å². The van der Waals surface area contributed by atoms with Gasteiger partial charge in [0.2, 0.25) is 0 Å². The molecular formula is C39H23N7. The third-order valence-corrected chi connectivity index (χ3v) is 8.30. The molecule has 0 saturated carbocycles. The van der Waals surface area contributed by atoms with Gasteiger partial charge in [-0.05, 0) is 47.5 Å². The molecule has 0 spiro atoms. The van der Waals surface area contributed by atoms with Gasteiger partial charge in [-0.3, -0.25) is 24.9 Å². The maximum atomic E-state index is 5.06. The fourth-order valence-corrected chi connectivity index (χ4v) is 5.97.